The summed E-state index contributed by atoms with van der Waals surface area (Å²) in [5.41, 5.74) is 26.5. The normalized spacial score (nSPS) is 12.7. The standard InChI is InChI=1S/C81H55N3O/c1-81(2)73-49-57(58-37-45-69-67-20-9-12-25-75(67)84(78(69)50-58)60-18-7-4-8-19-60)36-44-65(73)66-46-43-63(51-74(66)81)82(62-41-34-55(35-42-62)64-23-15-24-71-70-22-11-14-27-79(70)85-80(64)71)61-39-32-53(33-40-61)52-28-30-54(31-29-52)56-38-47-77-72(48-56)68-21-10-13-26-76(68)83(77)59-16-5-3-6-17-59/h3-51H,1-2H3. The van der Waals surface area contributed by atoms with Gasteiger partial charge in [0, 0.05) is 71.7 Å². The highest BCUT2D eigenvalue weighted by Gasteiger charge is 2.36. The molecule has 400 valence electrons. The second-order valence-electron chi connectivity index (χ2n) is 23.2. The van der Waals surface area contributed by atoms with Gasteiger partial charge in [0.1, 0.15) is 11.2 Å². The van der Waals surface area contributed by atoms with Gasteiger partial charge in [0.05, 0.1) is 22.1 Å². The molecule has 1 aliphatic carbocycles. The fraction of sp³-hybridized carbons (Fsp3) is 0.0370. The van der Waals surface area contributed by atoms with Gasteiger partial charge in [0.2, 0.25) is 0 Å². The van der Waals surface area contributed by atoms with Crippen molar-refractivity contribution in [2.75, 3.05) is 4.90 Å². The second kappa shape index (κ2) is 19.1. The van der Waals surface area contributed by atoms with Crippen molar-refractivity contribution in [1.82, 2.24) is 9.13 Å². The van der Waals surface area contributed by atoms with Gasteiger partial charge >= 0.3 is 0 Å². The van der Waals surface area contributed by atoms with Gasteiger partial charge in [-0.3, -0.25) is 0 Å². The van der Waals surface area contributed by atoms with Crippen molar-refractivity contribution in [3.05, 3.63) is 308 Å². The third-order valence-corrected chi connectivity index (χ3v) is 18.1. The molecule has 0 atom stereocenters. The first kappa shape index (κ1) is 48.7. The molecule has 0 bridgehead atoms. The van der Waals surface area contributed by atoms with Gasteiger partial charge in [-0.2, -0.15) is 0 Å². The van der Waals surface area contributed by atoms with E-state index in [9.17, 15) is 0 Å². The van der Waals surface area contributed by atoms with Crippen LogP contribution in [0.5, 0.6) is 0 Å². The van der Waals surface area contributed by atoms with Gasteiger partial charge in [0.25, 0.3) is 0 Å². The van der Waals surface area contributed by atoms with Crippen molar-refractivity contribution in [1.29, 1.82) is 0 Å². The minimum atomic E-state index is -0.274. The minimum Gasteiger partial charge on any atom is -0.455 e. The van der Waals surface area contributed by atoms with Crippen molar-refractivity contribution in [2.45, 2.75) is 19.3 Å². The summed E-state index contributed by atoms with van der Waals surface area (Å²) in [6, 6.07) is 109. The zero-order valence-corrected chi connectivity index (χ0v) is 47.0. The molecule has 0 fully saturated rings. The van der Waals surface area contributed by atoms with Crippen LogP contribution in [0.15, 0.2) is 302 Å². The van der Waals surface area contributed by atoms with E-state index in [0.717, 1.165) is 67.1 Å². The average Bonchev–Trinajstić information content (AvgIpc) is 1.93. The quantitative estimate of drug-likeness (QED) is 0.144. The van der Waals surface area contributed by atoms with Gasteiger partial charge in [-0.1, -0.05) is 208 Å². The molecule has 13 aromatic carbocycles. The van der Waals surface area contributed by atoms with E-state index in [1.807, 2.05) is 6.07 Å². The van der Waals surface area contributed by atoms with Crippen LogP contribution >= 0.6 is 0 Å². The molecule has 1 aliphatic rings. The summed E-state index contributed by atoms with van der Waals surface area (Å²) in [7, 11) is 0. The summed E-state index contributed by atoms with van der Waals surface area (Å²) in [5, 5.41) is 7.27. The Balaban J connectivity index is 0.725. The SMILES string of the molecule is CC1(C)c2cc(-c3ccc4c5ccccc5n(-c5ccccc5)c4c3)ccc2-c2ccc(N(c3ccc(-c4ccc(-c5ccc6c(c5)c5ccccc5n6-c5ccccc5)cc4)cc3)c3ccc(-c4cccc5c4oc4ccccc45)cc3)cc21. The van der Waals surface area contributed by atoms with Gasteiger partial charge < -0.3 is 18.5 Å². The van der Waals surface area contributed by atoms with Crippen molar-refractivity contribution in [3.63, 3.8) is 0 Å². The number of hydrogen-bond donors (Lipinski definition) is 0. The number of fused-ring (bicyclic) bond motifs is 12. The minimum absolute atomic E-state index is 0.274. The number of aromatic nitrogens is 2. The number of hydrogen-bond acceptors (Lipinski definition) is 2. The van der Waals surface area contributed by atoms with Crippen molar-refractivity contribution in [3.8, 4) is 67.0 Å². The lowest BCUT2D eigenvalue weighted by Crippen LogP contribution is -2.16. The fourth-order valence-corrected chi connectivity index (χ4v) is 13.9. The van der Waals surface area contributed by atoms with Gasteiger partial charge in [0.15, 0.2) is 0 Å². The first-order valence-electron chi connectivity index (χ1n) is 29.4. The summed E-state index contributed by atoms with van der Waals surface area (Å²) in [4.78, 5) is 2.41. The molecule has 85 heavy (non-hydrogen) atoms. The first-order valence-corrected chi connectivity index (χ1v) is 29.4. The first-order chi connectivity index (χ1) is 41.9. The maximum Gasteiger partial charge on any atom is 0.143 e. The predicted molar refractivity (Wildman–Crippen MR) is 356 cm³/mol. The molecule has 0 aliphatic heterocycles. The number of furan rings is 1. The van der Waals surface area contributed by atoms with E-state index in [2.05, 4.69) is 319 Å². The molecule has 3 heterocycles. The maximum atomic E-state index is 6.53. The second-order valence-corrected chi connectivity index (χ2v) is 23.2. The number of benzene rings is 13. The molecule has 0 spiro atoms. The van der Waals surface area contributed by atoms with Crippen LogP contribution in [0, 0.1) is 0 Å². The summed E-state index contributed by atoms with van der Waals surface area (Å²) < 4.78 is 11.3. The molecule has 0 saturated carbocycles. The van der Waals surface area contributed by atoms with E-state index in [-0.39, 0.29) is 5.41 Å². The van der Waals surface area contributed by atoms with Gasteiger partial charge in [-0.25, -0.2) is 0 Å². The number of rotatable bonds is 9. The Morgan fingerprint density at radius 2 is 0.729 bits per heavy atom. The molecule has 17 rings (SSSR count). The molecule has 0 N–H and O–H groups in total. The van der Waals surface area contributed by atoms with E-state index >= 15 is 0 Å². The summed E-state index contributed by atoms with van der Waals surface area (Å²) in [6.45, 7) is 4.78. The lowest BCUT2D eigenvalue weighted by atomic mass is 9.81. The number of nitrogens with zero attached hydrogens (tertiary/aromatic N) is 3. The highest BCUT2D eigenvalue weighted by molar-refractivity contribution is 6.12. The summed E-state index contributed by atoms with van der Waals surface area (Å²) in [6.07, 6.45) is 0. The zero-order chi connectivity index (χ0) is 56.3. The highest BCUT2D eigenvalue weighted by atomic mass is 16.3. The Labute approximate surface area is 493 Å². The summed E-state index contributed by atoms with van der Waals surface area (Å²) >= 11 is 0. The molecule has 4 nitrogen and oxygen atoms in total. The Morgan fingerprint density at radius 1 is 0.282 bits per heavy atom. The van der Waals surface area contributed by atoms with E-state index in [1.165, 1.54) is 93.7 Å². The topological polar surface area (TPSA) is 26.2 Å². The predicted octanol–water partition coefficient (Wildman–Crippen LogP) is 22.2. The Kier molecular flexibility index (Phi) is 10.9. The van der Waals surface area contributed by atoms with Crippen LogP contribution in [0.1, 0.15) is 25.0 Å². The van der Waals surface area contributed by atoms with Gasteiger partial charge in [-0.05, 0) is 164 Å². The fourth-order valence-electron chi connectivity index (χ4n) is 13.9. The van der Waals surface area contributed by atoms with Crippen LogP contribution in [-0.2, 0) is 5.41 Å². The number of para-hydroxylation sites is 6. The molecule has 4 heteroatoms. The highest BCUT2D eigenvalue weighted by Crippen LogP contribution is 2.52. The molecule has 0 radical (unpaired) electrons. The smallest absolute Gasteiger partial charge is 0.143 e. The third-order valence-electron chi connectivity index (χ3n) is 18.1. The lowest BCUT2D eigenvalue weighted by Gasteiger charge is -2.28. The average molecular weight is 1090 g/mol. The van der Waals surface area contributed by atoms with Crippen LogP contribution in [0.2, 0.25) is 0 Å². The van der Waals surface area contributed by atoms with Crippen LogP contribution in [-0.4, -0.2) is 9.13 Å². The van der Waals surface area contributed by atoms with Crippen molar-refractivity contribution < 1.29 is 4.42 Å². The van der Waals surface area contributed by atoms with E-state index in [0.29, 0.717) is 0 Å². The summed E-state index contributed by atoms with van der Waals surface area (Å²) in [5.74, 6) is 0. The van der Waals surface area contributed by atoms with Crippen LogP contribution in [0.4, 0.5) is 17.1 Å². The Hall–Kier alpha value is -10.9. The van der Waals surface area contributed by atoms with E-state index in [4.69, 9.17) is 4.42 Å². The monoisotopic (exact) mass is 1090 g/mol. The Bertz CT molecular complexity index is 5300. The molecular formula is C81H55N3O. The zero-order valence-electron chi connectivity index (χ0n) is 47.0. The maximum absolute atomic E-state index is 6.53. The van der Waals surface area contributed by atoms with E-state index < -0.39 is 0 Å². The van der Waals surface area contributed by atoms with Crippen LogP contribution < -0.4 is 4.90 Å². The molecule has 3 aromatic heterocycles. The molecular weight excluding hydrogens is 1030 g/mol. The van der Waals surface area contributed by atoms with Gasteiger partial charge in [-0.15, -0.1) is 0 Å². The van der Waals surface area contributed by atoms with Crippen LogP contribution in [0.25, 0.3) is 133 Å². The van der Waals surface area contributed by atoms with Crippen LogP contribution in [0.3, 0.4) is 0 Å². The molecule has 0 saturated heterocycles. The number of anilines is 3. The molecule has 0 unspecified atom stereocenters. The van der Waals surface area contributed by atoms with E-state index in [1.54, 1.807) is 0 Å². The van der Waals surface area contributed by atoms with Crippen molar-refractivity contribution in [2.24, 2.45) is 0 Å². The largest absolute Gasteiger partial charge is 0.455 e. The lowest BCUT2D eigenvalue weighted by molar-refractivity contribution is 0.660. The molecule has 16 aromatic rings. The molecule has 0 amide bonds. The van der Waals surface area contributed by atoms with Crippen molar-refractivity contribution >= 4 is 82.6 Å². The third kappa shape index (κ3) is 7.76. The Morgan fingerprint density at radius 3 is 1.41 bits per heavy atom.